The van der Waals surface area contributed by atoms with Crippen LogP contribution in [-0.2, 0) is 0 Å². The number of carbonyl (C=O) groups excluding carboxylic acids is 1. The third kappa shape index (κ3) is 3.00. The first-order chi connectivity index (χ1) is 9.35. The van der Waals surface area contributed by atoms with Crippen LogP contribution in [0.1, 0.15) is 37.0 Å². The van der Waals surface area contributed by atoms with Crippen LogP contribution in [-0.4, -0.2) is 18.9 Å². The molecule has 5 heteroatoms. The Kier molecular flexibility index (Phi) is 4.73. The Balaban J connectivity index is 2.38. The van der Waals surface area contributed by atoms with E-state index in [0.717, 1.165) is 19.4 Å². The lowest BCUT2D eigenvalue weighted by atomic mass is 9.74. The molecule has 1 atom stereocenters. The number of carbonyl (C=O) groups is 1. The molecule has 1 aromatic carbocycles. The zero-order valence-electron chi connectivity index (χ0n) is 11.6. The second-order valence-electron chi connectivity index (χ2n) is 5.89. The van der Waals surface area contributed by atoms with E-state index in [2.05, 4.69) is 19.2 Å². The summed E-state index contributed by atoms with van der Waals surface area (Å²) in [5.74, 6) is -0.298. The first kappa shape index (κ1) is 15.7. The molecule has 1 aliphatic heterocycles. The molecule has 2 rings (SSSR count). The van der Waals surface area contributed by atoms with Crippen LogP contribution in [0.25, 0.3) is 0 Å². The lowest BCUT2D eigenvalue weighted by Crippen LogP contribution is -2.35. The van der Waals surface area contributed by atoms with Gasteiger partial charge in [0.2, 0.25) is 0 Å². The Labute approximate surface area is 128 Å². The summed E-state index contributed by atoms with van der Waals surface area (Å²) in [6.45, 7) is 5.61. The van der Waals surface area contributed by atoms with Crippen molar-refractivity contribution in [1.82, 2.24) is 5.32 Å². The number of hydrogen-bond donors (Lipinski definition) is 1. The van der Waals surface area contributed by atoms with Crippen LogP contribution >= 0.6 is 23.2 Å². The fourth-order valence-corrected chi connectivity index (χ4v) is 3.30. The second-order valence-corrected chi connectivity index (χ2v) is 6.67. The molecule has 1 unspecified atom stereocenters. The highest BCUT2D eigenvalue weighted by molar-refractivity contribution is 6.42. The van der Waals surface area contributed by atoms with E-state index in [4.69, 9.17) is 23.2 Å². The maximum Gasteiger partial charge on any atom is 0.170 e. The molecule has 110 valence electrons. The largest absolute Gasteiger partial charge is 0.316 e. The van der Waals surface area contributed by atoms with Crippen molar-refractivity contribution in [3.05, 3.63) is 33.6 Å². The summed E-state index contributed by atoms with van der Waals surface area (Å²) < 4.78 is 13.7. The van der Waals surface area contributed by atoms with E-state index in [1.807, 2.05) is 0 Å². The van der Waals surface area contributed by atoms with Crippen LogP contribution in [0.3, 0.4) is 0 Å². The van der Waals surface area contributed by atoms with Crippen molar-refractivity contribution in [2.75, 3.05) is 13.1 Å². The Morgan fingerprint density at radius 3 is 2.65 bits per heavy atom. The number of benzene rings is 1. The predicted octanol–water partition coefficient (Wildman–Crippen LogP) is 4.34. The monoisotopic (exact) mass is 317 g/mol. The predicted molar refractivity (Wildman–Crippen MR) is 80.1 cm³/mol. The van der Waals surface area contributed by atoms with E-state index >= 15 is 0 Å². The van der Waals surface area contributed by atoms with Crippen LogP contribution in [0.5, 0.6) is 0 Å². The molecule has 2 nitrogen and oxygen atoms in total. The molecular formula is C15H18Cl2FNO. The van der Waals surface area contributed by atoms with Gasteiger partial charge >= 0.3 is 0 Å². The van der Waals surface area contributed by atoms with Gasteiger partial charge in [-0.1, -0.05) is 37.0 Å². The normalized spacial score (nSPS) is 22.5. The highest BCUT2D eigenvalue weighted by atomic mass is 35.5. The van der Waals surface area contributed by atoms with E-state index in [0.29, 0.717) is 18.0 Å². The van der Waals surface area contributed by atoms with Gasteiger partial charge in [-0.3, -0.25) is 4.79 Å². The topological polar surface area (TPSA) is 29.1 Å². The van der Waals surface area contributed by atoms with Crippen molar-refractivity contribution in [2.45, 2.75) is 26.7 Å². The fraction of sp³-hybridized carbons (Fsp3) is 0.533. The van der Waals surface area contributed by atoms with Crippen LogP contribution < -0.4 is 5.32 Å². The van der Waals surface area contributed by atoms with Crippen LogP contribution in [0.2, 0.25) is 10.0 Å². The maximum absolute atomic E-state index is 13.7. The Hall–Kier alpha value is -0.640. The molecule has 1 N–H and O–H groups in total. The summed E-state index contributed by atoms with van der Waals surface area (Å²) in [7, 11) is 0. The SMILES string of the molecule is CC(C)CC1(C(=O)c2cc(F)c(Cl)c(Cl)c2)CCNC1. The maximum atomic E-state index is 13.7. The molecule has 1 heterocycles. The van der Waals surface area contributed by atoms with Gasteiger partial charge in [0.1, 0.15) is 5.82 Å². The van der Waals surface area contributed by atoms with E-state index in [1.165, 1.54) is 12.1 Å². The molecule has 0 amide bonds. The zero-order valence-corrected chi connectivity index (χ0v) is 13.1. The molecule has 1 aromatic rings. The van der Waals surface area contributed by atoms with Gasteiger partial charge < -0.3 is 5.32 Å². The molecule has 0 spiro atoms. The van der Waals surface area contributed by atoms with Gasteiger partial charge in [0.25, 0.3) is 0 Å². The molecule has 1 saturated heterocycles. The zero-order chi connectivity index (χ0) is 14.9. The van der Waals surface area contributed by atoms with Gasteiger partial charge in [-0.25, -0.2) is 4.39 Å². The highest BCUT2D eigenvalue weighted by Crippen LogP contribution is 2.38. The lowest BCUT2D eigenvalue weighted by molar-refractivity contribution is 0.0781. The van der Waals surface area contributed by atoms with Gasteiger partial charge in [-0.15, -0.1) is 0 Å². The summed E-state index contributed by atoms with van der Waals surface area (Å²) in [6, 6.07) is 2.66. The van der Waals surface area contributed by atoms with Gasteiger partial charge in [-0.05, 0) is 37.4 Å². The third-order valence-electron chi connectivity index (χ3n) is 3.77. The Bertz CT molecular complexity index is 502. The molecular weight excluding hydrogens is 300 g/mol. The smallest absolute Gasteiger partial charge is 0.170 e. The minimum absolute atomic E-state index is 0.0475. The molecule has 0 saturated carbocycles. The first-order valence-corrected chi connectivity index (χ1v) is 7.51. The van der Waals surface area contributed by atoms with Crippen molar-refractivity contribution >= 4 is 29.0 Å². The number of ketones is 1. The average Bonchev–Trinajstić information content (AvgIpc) is 2.83. The Morgan fingerprint density at radius 1 is 1.45 bits per heavy atom. The number of hydrogen-bond acceptors (Lipinski definition) is 2. The van der Waals surface area contributed by atoms with Crippen molar-refractivity contribution in [2.24, 2.45) is 11.3 Å². The van der Waals surface area contributed by atoms with Gasteiger partial charge in [-0.2, -0.15) is 0 Å². The minimum Gasteiger partial charge on any atom is -0.316 e. The average molecular weight is 318 g/mol. The van der Waals surface area contributed by atoms with Crippen molar-refractivity contribution in [3.63, 3.8) is 0 Å². The van der Waals surface area contributed by atoms with Gasteiger partial charge in [0, 0.05) is 17.5 Å². The van der Waals surface area contributed by atoms with Crippen LogP contribution in [0.4, 0.5) is 4.39 Å². The minimum atomic E-state index is -0.645. The molecule has 0 bridgehead atoms. The van der Waals surface area contributed by atoms with Crippen molar-refractivity contribution < 1.29 is 9.18 Å². The number of halogens is 3. The summed E-state index contributed by atoms with van der Waals surface area (Å²) >= 11 is 11.6. The van der Waals surface area contributed by atoms with Crippen LogP contribution in [0, 0.1) is 17.2 Å². The van der Waals surface area contributed by atoms with E-state index in [1.54, 1.807) is 0 Å². The summed E-state index contributed by atoms with van der Waals surface area (Å²) in [4.78, 5) is 12.8. The van der Waals surface area contributed by atoms with Crippen molar-refractivity contribution in [1.29, 1.82) is 0 Å². The molecule has 0 aromatic heterocycles. The lowest BCUT2D eigenvalue weighted by Gasteiger charge is -2.28. The molecule has 0 radical (unpaired) electrons. The number of Topliss-reactive ketones (excluding diaryl/α,β-unsaturated/α-hetero) is 1. The van der Waals surface area contributed by atoms with E-state index < -0.39 is 11.2 Å². The fourth-order valence-electron chi connectivity index (χ4n) is 2.98. The molecule has 1 aliphatic rings. The van der Waals surface area contributed by atoms with Crippen molar-refractivity contribution in [3.8, 4) is 0 Å². The second kappa shape index (κ2) is 6.00. The van der Waals surface area contributed by atoms with Gasteiger partial charge in [0.05, 0.1) is 10.0 Å². The molecule has 20 heavy (non-hydrogen) atoms. The molecule has 0 aliphatic carbocycles. The van der Waals surface area contributed by atoms with Gasteiger partial charge in [0.15, 0.2) is 5.78 Å². The quantitative estimate of drug-likeness (QED) is 0.661. The number of rotatable bonds is 4. The molecule has 1 fully saturated rings. The summed E-state index contributed by atoms with van der Waals surface area (Å²) in [5.41, 5.74) is -0.154. The van der Waals surface area contributed by atoms with E-state index in [-0.39, 0.29) is 15.8 Å². The summed E-state index contributed by atoms with van der Waals surface area (Å²) in [5, 5.41) is 3.19. The Morgan fingerprint density at radius 2 is 2.15 bits per heavy atom. The third-order valence-corrected chi connectivity index (χ3v) is 4.55. The van der Waals surface area contributed by atoms with Crippen LogP contribution in [0.15, 0.2) is 12.1 Å². The van der Waals surface area contributed by atoms with E-state index in [9.17, 15) is 9.18 Å². The first-order valence-electron chi connectivity index (χ1n) is 6.76. The summed E-state index contributed by atoms with van der Waals surface area (Å²) in [6.07, 6.45) is 1.55. The number of nitrogens with one attached hydrogen (secondary N) is 1. The highest BCUT2D eigenvalue weighted by Gasteiger charge is 2.42. The standard InChI is InChI=1S/C15H18Cl2FNO/c1-9(2)7-15(3-4-19-8-15)14(20)10-5-11(16)13(17)12(18)6-10/h5-6,9,19H,3-4,7-8H2,1-2H3.